The van der Waals surface area contributed by atoms with Crippen LogP contribution >= 0.6 is 11.8 Å². The van der Waals surface area contributed by atoms with Gasteiger partial charge in [0.1, 0.15) is 5.82 Å². The molecule has 1 aromatic heterocycles. The van der Waals surface area contributed by atoms with Gasteiger partial charge in [-0.05, 0) is 19.1 Å². The van der Waals surface area contributed by atoms with E-state index in [1.807, 2.05) is 30.3 Å². The highest BCUT2D eigenvalue weighted by molar-refractivity contribution is 8.00. The molecule has 3 aromatic rings. The van der Waals surface area contributed by atoms with Crippen LogP contribution in [0.25, 0.3) is 11.4 Å². The van der Waals surface area contributed by atoms with Crippen LogP contribution in [0.3, 0.4) is 0 Å². The maximum atomic E-state index is 13.6. The Bertz CT molecular complexity index is 837. The molecule has 0 spiro atoms. The fraction of sp³-hybridized carbons (Fsp3) is 0.118. The van der Waals surface area contributed by atoms with E-state index in [2.05, 4.69) is 20.5 Å². The summed E-state index contributed by atoms with van der Waals surface area (Å²) in [6.45, 7) is 1.72. The molecule has 0 fully saturated rings. The van der Waals surface area contributed by atoms with Crippen molar-refractivity contribution in [2.24, 2.45) is 0 Å². The number of carbonyl (C=O) groups excluding carboxylic acids is 1. The average Bonchev–Trinajstić information content (AvgIpc) is 3.06. The molecule has 3 rings (SSSR count). The third kappa shape index (κ3) is 3.80. The second kappa shape index (κ2) is 7.27. The molecule has 0 radical (unpaired) electrons. The first-order valence-corrected chi connectivity index (χ1v) is 8.21. The SMILES string of the molecule is C[C@H](Sc1n[nH]c(-c2ccccc2)n1)C(=O)Nc1ccccc1F. The third-order valence-electron chi connectivity index (χ3n) is 3.30. The van der Waals surface area contributed by atoms with Gasteiger partial charge in [0.15, 0.2) is 5.82 Å². The van der Waals surface area contributed by atoms with Gasteiger partial charge in [-0.15, -0.1) is 5.10 Å². The number of aromatic amines is 1. The number of amides is 1. The quantitative estimate of drug-likeness (QED) is 0.693. The maximum Gasteiger partial charge on any atom is 0.237 e. The Kier molecular flexibility index (Phi) is 4.90. The fourth-order valence-corrected chi connectivity index (χ4v) is 2.76. The number of halogens is 1. The molecular weight excluding hydrogens is 327 g/mol. The normalized spacial score (nSPS) is 11.9. The summed E-state index contributed by atoms with van der Waals surface area (Å²) >= 11 is 1.20. The Labute approximate surface area is 142 Å². The van der Waals surface area contributed by atoms with Gasteiger partial charge in [0.05, 0.1) is 10.9 Å². The molecule has 0 saturated heterocycles. The molecule has 0 saturated carbocycles. The highest BCUT2D eigenvalue weighted by Gasteiger charge is 2.18. The highest BCUT2D eigenvalue weighted by Crippen LogP contribution is 2.24. The second-order valence-corrected chi connectivity index (χ2v) is 6.37. The lowest BCUT2D eigenvalue weighted by Gasteiger charge is -2.10. The van der Waals surface area contributed by atoms with Gasteiger partial charge in [-0.1, -0.05) is 54.2 Å². The van der Waals surface area contributed by atoms with Crippen LogP contribution in [0.15, 0.2) is 59.8 Å². The minimum Gasteiger partial charge on any atom is -0.323 e. The van der Waals surface area contributed by atoms with Crippen molar-refractivity contribution in [2.75, 3.05) is 5.32 Å². The molecule has 24 heavy (non-hydrogen) atoms. The van der Waals surface area contributed by atoms with E-state index in [-0.39, 0.29) is 11.6 Å². The topological polar surface area (TPSA) is 70.7 Å². The number of carbonyl (C=O) groups is 1. The maximum absolute atomic E-state index is 13.6. The van der Waals surface area contributed by atoms with Crippen molar-refractivity contribution in [1.29, 1.82) is 0 Å². The van der Waals surface area contributed by atoms with Crippen LogP contribution in [0.1, 0.15) is 6.92 Å². The van der Waals surface area contributed by atoms with Crippen LogP contribution in [0.2, 0.25) is 0 Å². The lowest BCUT2D eigenvalue weighted by atomic mass is 10.2. The molecule has 7 heteroatoms. The summed E-state index contributed by atoms with van der Waals surface area (Å²) in [6.07, 6.45) is 0. The molecular formula is C17H15FN4OS. The number of rotatable bonds is 5. The van der Waals surface area contributed by atoms with E-state index in [1.165, 1.54) is 23.9 Å². The number of hydrogen-bond donors (Lipinski definition) is 2. The summed E-state index contributed by atoms with van der Waals surface area (Å²) in [5.74, 6) is -0.136. The van der Waals surface area contributed by atoms with E-state index in [4.69, 9.17) is 0 Å². The van der Waals surface area contributed by atoms with Gasteiger partial charge in [0.25, 0.3) is 0 Å². The van der Waals surface area contributed by atoms with Crippen molar-refractivity contribution in [1.82, 2.24) is 15.2 Å². The molecule has 1 atom stereocenters. The van der Waals surface area contributed by atoms with Crippen LogP contribution in [0.5, 0.6) is 0 Å². The molecule has 122 valence electrons. The Morgan fingerprint density at radius 2 is 1.88 bits per heavy atom. The summed E-state index contributed by atoms with van der Waals surface area (Å²) in [4.78, 5) is 16.6. The molecule has 1 amide bonds. The first kappa shape index (κ1) is 16.2. The van der Waals surface area contributed by atoms with Crippen molar-refractivity contribution in [2.45, 2.75) is 17.3 Å². The van der Waals surface area contributed by atoms with Crippen molar-refractivity contribution in [3.63, 3.8) is 0 Å². The zero-order chi connectivity index (χ0) is 16.9. The van der Waals surface area contributed by atoms with Gasteiger partial charge in [-0.2, -0.15) is 0 Å². The lowest BCUT2D eigenvalue weighted by Crippen LogP contribution is -2.23. The minimum absolute atomic E-state index is 0.162. The highest BCUT2D eigenvalue weighted by atomic mass is 32.2. The fourth-order valence-electron chi connectivity index (χ4n) is 2.03. The van der Waals surface area contributed by atoms with Gasteiger partial charge < -0.3 is 5.32 Å². The van der Waals surface area contributed by atoms with Crippen molar-refractivity contribution in [3.8, 4) is 11.4 Å². The molecule has 0 aliphatic carbocycles. The molecule has 0 aliphatic rings. The van der Waals surface area contributed by atoms with Crippen molar-refractivity contribution in [3.05, 3.63) is 60.4 Å². The Morgan fingerprint density at radius 1 is 1.17 bits per heavy atom. The van der Waals surface area contributed by atoms with Gasteiger partial charge >= 0.3 is 0 Å². The first-order valence-electron chi connectivity index (χ1n) is 7.33. The molecule has 0 bridgehead atoms. The largest absolute Gasteiger partial charge is 0.323 e. The van der Waals surface area contributed by atoms with Crippen LogP contribution in [0, 0.1) is 5.82 Å². The van der Waals surface area contributed by atoms with Gasteiger partial charge in [-0.3, -0.25) is 9.89 Å². The van der Waals surface area contributed by atoms with E-state index >= 15 is 0 Å². The smallest absolute Gasteiger partial charge is 0.237 e. The Balaban J connectivity index is 1.65. The van der Waals surface area contributed by atoms with Gasteiger partial charge in [0, 0.05) is 5.56 Å². The number of H-pyrrole nitrogens is 1. The Hall–Kier alpha value is -2.67. The number of nitrogens with zero attached hydrogens (tertiary/aromatic N) is 2. The van der Waals surface area contributed by atoms with E-state index in [0.717, 1.165) is 5.56 Å². The number of benzene rings is 2. The number of hydrogen-bond acceptors (Lipinski definition) is 4. The van der Waals surface area contributed by atoms with E-state index in [9.17, 15) is 9.18 Å². The predicted octanol–water partition coefficient (Wildman–Crippen LogP) is 3.73. The number of thioether (sulfide) groups is 1. The lowest BCUT2D eigenvalue weighted by molar-refractivity contribution is -0.115. The van der Waals surface area contributed by atoms with Crippen LogP contribution in [-0.4, -0.2) is 26.3 Å². The van der Waals surface area contributed by atoms with E-state index < -0.39 is 11.1 Å². The van der Waals surface area contributed by atoms with Crippen molar-refractivity contribution < 1.29 is 9.18 Å². The monoisotopic (exact) mass is 342 g/mol. The molecule has 2 N–H and O–H groups in total. The van der Waals surface area contributed by atoms with Crippen LogP contribution < -0.4 is 5.32 Å². The third-order valence-corrected chi connectivity index (χ3v) is 4.26. The number of para-hydroxylation sites is 1. The summed E-state index contributed by atoms with van der Waals surface area (Å²) in [6, 6.07) is 15.6. The zero-order valence-electron chi connectivity index (χ0n) is 12.9. The molecule has 1 heterocycles. The van der Waals surface area contributed by atoms with E-state index in [1.54, 1.807) is 19.1 Å². The summed E-state index contributed by atoms with van der Waals surface area (Å²) in [7, 11) is 0. The van der Waals surface area contributed by atoms with Gasteiger partial charge in [0.2, 0.25) is 11.1 Å². The predicted molar refractivity (Wildman–Crippen MR) is 92.2 cm³/mol. The molecule has 2 aromatic carbocycles. The number of aromatic nitrogens is 3. The van der Waals surface area contributed by atoms with Crippen LogP contribution in [0.4, 0.5) is 10.1 Å². The standard InChI is InChI=1S/C17H15FN4OS/c1-11(16(23)19-14-10-6-5-9-13(14)18)24-17-20-15(21-22-17)12-7-3-2-4-8-12/h2-11H,1H3,(H,19,23)(H,20,21,22)/t11-/m0/s1. The summed E-state index contributed by atoms with van der Waals surface area (Å²) in [5, 5.41) is 9.53. The summed E-state index contributed by atoms with van der Waals surface area (Å²) < 4.78 is 13.6. The molecule has 0 unspecified atom stereocenters. The average molecular weight is 342 g/mol. The molecule has 5 nitrogen and oxygen atoms in total. The first-order chi connectivity index (χ1) is 11.6. The minimum atomic E-state index is -0.468. The Morgan fingerprint density at radius 3 is 2.62 bits per heavy atom. The number of anilines is 1. The van der Waals surface area contributed by atoms with Crippen molar-refractivity contribution >= 4 is 23.4 Å². The second-order valence-electron chi connectivity index (χ2n) is 5.06. The number of nitrogens with one attached hydrogen (secondary N) is 2. The van der Waals surface area contributed by atoms with Gasteiger partial charge in [-0.25, -0.2) is 9.37 Å². The summed E-state index contributed by atoms with van der Waals surface area (Å²) in [5.41, 5.74) is 1.08. The van der Waals surface area contributed by atoms with E-state index in [0.29, 0.717) is 11.0 Å². The van der Waals surface area contributed by atoms with Crippen LogP contribution in [-0.2, 0) is 4.79 Å². The molecule has 0 aliphatic heterocycles. The zero-order valence-corrected chi connectivity index (χ0v) is 13.7.